The Morgan fingerprint density at radius 3 is 2.24 bits per heavy atom. The van der Waals surface area contributed by atoms with Gasteiger partial charge in [-0.1, -0.05) is 0 Å². The topological polar surface area (TPSA) is 30.2 Å². The summed E-state index contributed by atoms with van der Waals surface area (Å²) in [6.07, 6.45) is 0. The van der Waals surface area contributed by atoms with Crippen LogP contribution in [-0.4, -0.2) is 15.0 Å². The molecule has 0 bridgehead atoms. The van der Waals surface area contributed by atoms with E-state index in [-0.39, 0.29) is 20.4 Å². The molecule has 3 aromatic carbocycles. The fraction of sp³-hybridized carbons (Fsp3) is 0. The molecule has 1 heterocycles. The Kier molecular flexibility index (Phi) is 4.46. The van der Waals surface area contributed by atoms with E-state index in [2.05, 4.69) is 0 Å². The average molecular weight is 412 g/mol. The molecule has 0 atom stereocenters. The molecule has 0 aliphatic rings. The molecule has 0 unspecified atom stereocenters. The Morgan fingerprint density at radius 2 is 1.48 bits per heavy atom. The van der Waals surface area contributed by atoms with E-state index in [1.165, 1.54) is 0 Å². The number of para-hydroxylation sites is 1. The third kappa shape index (κ3) is 3.27. The van der Waals surface area contributed by atoms with Gasteiger partial charge in [0.05, 0.1) is 0 Å². The molecule has 0 aliphatic heterocycles. The molecule has 0 saturated heterocycles. The minimum absolute atomic E-state index is 0.0376. The molecule has 4 rings (SSSR count). The van der Waals surface area contributed by atoms with Crippen molar-refractivity contribution in [3.8, 4) is 11.3 Å². The molecule has 25 heavy (non-hydrogen) atoms. The van der Waals surface area contributed by atoms with Crippen LogP contribution in [0, 0.1) is 0 Å². The summed E-state index contributed by atoms with van der Waals surface area (Å²) in [5.74, 6) is 0.652. The van der Waals surface area contributed by atoms with Crippen molar-refractivity contribution in [3.05, 3.63) is 94.1 Å². The Labute approximate surface area is 156 Å². The zero-order chi connectivity index (χ0) is 17.2. The van der Waals surface area contributed by atoms with Crippen LogP contribution in [0.2, 0.25) is 5.02 Å². The second-order valence-electron chi connectivity index (χ2n) is 5.51. The van der Waals surface area contributed by atoms with Crippen molar-refractivity contribution < 1.29 is 4.42 Å². The van der Waals surface area contributed by atoms with E-state index in [4.69, 9.17) is 16.0 Å². The summed E-state index contributed by atoms with van der Waals surface area (Å²) in [7, 11) is 0. The summed E-state index contributed by atoms with van der Waals surface area (Å²) in [5.41, 5.74) is 1.56. The van der Waals surface area contributed by atoms with E-state index in [0.29, 0.717) is 21.8 Å². The fourth-order valence-electron chi connectivity index (χ4n) is 2.62. The van der Waals surface area contributed by atoms with Crippen LogP contribution in [0.1, 0.15) is 0 Å². The molecule has 0 radical (unpaired) electrons. The van der Waals surface area contributed by atoms with E-state index < -0.39 is 0 Å². The van der Waals surface area contributed by atoms with Crippen molar-refractivity contribution in [2.75, 3.05) is 0 Å². The Balaban J connectivity index is 1.95. The van der Waals surface area contributed by atoms with Gasteiger partial charge in [-0.2, -0.15) is 0 Å². The van der Waals surface area contributed by atoms with Gasteiger partial charge >= 0.3 is 156 Å². The van der Waals surface area contributed by atoms with Crippen LogP contribution in [0.4, 0.5) is 0 Å². The minimum atomic E-state index is -0.180. The molecule has 4 heteroatoms. The molecule has 1 aromatic heterocycles. The van der Waals surface area contributed by atoms with E-state index in [9.17, 15) is 4.79 Å². The molecule has 2 nitrogen and oxygen atoms in total. The number of rotatable bonds is 3. The first-order chi connectivity index (χ1) is 12.2. The van der Waals surface area contributed by atoms with Gasteiger partial charge in [0.2, 0.25) is 0 Å². The van der Waals surface area contributed by atoms with Gasteiger partial charge in [-0.25, -0.2) is 0 Å². The summed E-state index contributed by atoms with van der Waals surface area (Å²) in [4.78, 5) is 13.1. The maximum atomic E-state index is 13.1. The van der Waals surface area contributed by atoms with Gasteiger partial charge in [0.15, 0.2) is 0 Å². The summed E-state index contributed by atoms with van der Waals surface area (Å²) >= 11 is 5.80. The van der Waals surface area contributed by atoms with Crippen molar-refractivity contribution in [1.82, 2.24) is 0 Å². The quantitative estimate of drug-likeness (QED) is 0.480. The monoisotopic (exact) mass is 412 g/mol. The zero-order valence-corrected chi connectivity index (χ0v) is 15.6. The molecule has 0 N–H and O–H groups in total. The standard InChI is InChI=1S/C21H13ClO2Se/c22-15-10-12-16(13-11-15)25-21-19(23)17-8-4-5-9-18(17)24-20(21)14-6-2-1-3-7-14/h1-13H. The summed E-state index contributed by atoms with van der Waals surface area (Å²) < 4.78 is 7.95. The van der Waals surface area contributed by atoms with Crippen molar-refractivity contribution in [2.24, 2.45) is 0 Å². The zero-order valence-electron chi connectivity index (χ0n) is 13.1. The summed E-state index contributed by atoms with van der Waals surface area (Å²) in [6, 6.07) is 24.8. The number of fused-ring (bicyclic) bond motifs is 1. The van der Waals surface area contributed by atoms with Gasteiger partial charge in [0.1, 0.15) is 0 Å². The molecule has 0 saturated carbocycles. The van der Waals surface area contributed by atoms with Crippen molar-refractivity contribution >= 4 is 46.5 Å². The van der Waals surface area contributed by atoms with Crippen LogP contribution in [0.3, 0.4) is 0 Å². The molecule has 0 spiro atoms. The van der Waals surface area contributed by atoms with Crippen molar-refractivity contribution in [1.29, 1.82) is 0 Å². The first kappa shape index (κ1) is 16.2. The normalized spacial score (nSPS) is 10.9. The number of hydrogen-bond acceptors (Lipinski definition) is 2. The molecule has 122 valence electrons. The SMILES string of the molecule is O=c1c([Se]c2ccc(Cl)cc2)c(-c2ccccc2)oc2ccccc12. The van der Waals surface area contributed by atoms with Gasteiger partial charge < -0.3 is 0 Å². The number of benzene rings is 3. The number of hydrogen-bond donors (Lipinski definition) is 0. The van der Waals surface area contributed by atoms with Gasteiger partial charge in [-0.05, 0) is 0 Å². The molecule has 4 aromatic rings. The van der Waals surface area contributed by atoms with Gasteiger partial charge in [0.25, 0.3) is 0 Å². The first-order valence-corrected chi connectivity index (χ1v) is 9.86. The first-order valence-electron chi connectivity index (χ1n) is 7.77. The van der Waals surface area contributed by atoms with Crippen LogP contribution >= 0.6 is 11.6 Å². The third-order valence-electron chi connectivity index (χ3n) is 3.83. The summed E-state index contributed by atoms with van der Waals surface area (Å²) in [5, 5.41) is 1.31. The van der Waals surface area contributed by atoms with E-state index in [1.807, 2.05) is 78.9 Å². The van der Waals surface area contributed by atoms with E-state index in [0.717, 1.165) is 14.5 Å². The van der Waals surface area contributed by atoms with Crippen LogP contribution in [0.15, 0.2) is 88.1 Å². The maximum absolute atomic E-state index is 13.1. The number of halogens is 1. The fourth-order valence-corrected chi connectivity index (χ4v) is 4.76. The second-order valence-corrected chi connectivity index (χ2v) is 8.22. The summed E-state index contributed by atoms with van der Waals surface area (Å²) in [6.45, 7) is 0. The van der Waals surface area contributed by atoms with Crippen LogP contribution < -0.4 is 14.4 Å². The Bertz CT molecular complexity index is 1090. The second kappa shape index (κ2) is 6.89. The molecule has 0 aliphatic carbocycles. The van der Waals surface area contributed by atoms with Crippen LogP contribution in [-0.2, 0) is 0 Å². The van der Waals surface area contributed by atoms with Gasteiger partial charge in [-0.3, -0.25) is 0 Å². The van der Waals surface area contributed by atoms with Crippen LogP contribution in [0.5, 0.6) is 0 Å². The average Bonchev–Trinajstić information content (AvgIpc) is 2.66. The van der Waals surface area contributed by atoms with Crippen molar-refractivity contribution in [3.63, 3.8) is 0 Å². The Morgan fingerprint density at radius 1 is 0.800 bits per heavy atom. The molecule has 0 fully saturated rings. The molecular formula is C21H13ClO2Se. The van der Waals surface area contributed by atoms with Gasteiger partial charge in [-0.15, -0.1) is 0 Å². The Hall–Kier alpha value is -2.32. The predicted octanol–water partition coefficient (Wildman–Crippen LogP) is 3.77. The predicted molar refractivity (Wildman–Crippen MR) is 104 cm³/mol. The van der Waals surface area contributed by atoms with Gasteiger partial charge in [0, 0.05) is 0 Å². The molecule has 0 amide bonds. The van der Waals surface area contributed by atoms with E-state index in [1.54, 1.807) is 0 Å². The van der Waals surface area contributed by atoms with E-state index >= 15 is 0 Å². The third-order valence-corrected chi connectivity index (χ3v) is 6.35. The van der Waals surface area contributed by atoms with Crippen molar-refractivity contribution in [2.45, 2.75) is 0 Å². The molecular weight excluding hydrogens is 399 g/mol. The van der Waals surface area contributed by atoms with Crippen LogP contribution in [0.25, 0.3) is 22.3 Å².